The van der Waals surface area contributed by atoms with Crippen molar-refractivity contribution >= 4 is 5.90 Å². The summed E-state index contributed by atoms with van der Waals surface area (Å²) in [6.07, 6.45) is -1.25. The molecule has 0 spiro atoms. The number of imidazole rings is 1. The standard InChI is InChI=1S/C22H15F3N6O2/c23-22(24,25)33-15-6-7-17-18(9-15)31-14(10-27-29-31)8-19-20(26-12-30(17)19)21-28-16(11-32-21)13-4-2-1-3-5-13/h1-7,9-10,12,16H,8,11H2/t16-/m0/s1. The van der Waals surface area contributed by atoms with Crippen LogP contribution in [0.25, 0.3) is 11.4 Å². The summed E-state index contributed by atoms with van der Waals surface area (Å²) in [5, 5.41) is 8.02. The average Bonchev–Trinajstić information content (AvgIpc) is 3.52. The van der Waals surface area contributed by atoms with Gasteiger partial charge in [-0.2, -0.15) is 0 Å². The molecule has 2 aliphatic rings. The molecular formula is C22H15F3N6O2. The van der Waals surface area contributed by atoms with Crippen LogP contribution >= 0.6 is 0 Å². The molecule has 0 unspecified atom stereocenters. The fourth-order valence-corrected chi connectivity index (χ4v) is 4.10. The molecule has 6 rings (SSSR count). The fraction of sp³-hybridized carbons (Fsp3) is 0.182. The van der Waals surface area contributed by atoms with Crippen molar-refractivity contribution in [3.05, 3.63) is 83.7 Å². The Kier molecular flexibility index (Phi) is 4.25. The molecule has 8 nitrogen and oxygen atoms in total. The molecule has 0 amide bonds. The molecule has 0 radical (unpaired) electrons. The third kappa shape index (κ3) is 3.41. The molecule has 11 heteroatoms. The van der Waals surface area contributed by atoms with Crippen molar-refractivity contribution in [3.63, 3.8) is 0 Å². The Morgan fingerprint density at radius 3 is 2.73 bits per heavy atom. The fourth-order valence-electron chi connectivity index (χ4n) is 4.10. The van der Waals surface area contributed by atoms with Crippen LogP contribution in [-0.2, 0) is 11.2 Å². The first-order valence-electron chi connectivity index (χ1n) is 10.1. The van der Waals surface area contributed by atoms with Crippen LogP contribution in [0, 0.1) is 0 Å². The molecule has 0 saturated carbocycles. The van der Waals surface area contributed by atoms with E-state index in [2.05, 4.69) is 20.0 Å². The van der Waals surface area contributed by atoms with E-state index >= 15 is 0 Å². The van der Waals surface area contributed by atoms with Crippen LogP contribution < -0.4 is 4.74 Å². The Bertz CT molecular complexity index is 1380. The van der Waals surface area contributed by atoms with Gasteiger partial charge in [0, 0.05) is 12.5 Å². The molecule has 166 valence electrons. The van der Waals surface area contributed by atoms with Crippen molar-refractivity contribution in [2.24, 2.45) is 4.99 Å². The van der Waals surface area contributed by atoms with Crippen LogP contribution in [-0.4, -0.2) is 43.4 Å². The number of nitrogens with zero attached hydrogens (tertiary/aromatic N) is 6. The summed E-state index contributed by atoms with van der Waals surface area (Å²) in [5.74, 6) is 0.0813. The number of benzene rings is 2. The van der Waals surface area contributed by atoms with E-state index in [1.807, 2.05) is 30.3 Å². The highest BCUT2D eigenvalue weighted by Crippen LogP contribution is 2.34. The van der Waals surface area contributed by atoms with Gasteiger partial charge < -0.3 is 9.47 Å². The molecular weight excluding hydrogens is 437 g/mol. The Labute approximate surface area is 184 Å². The summed E-state index contributed by atoms with van der Waals surface area (Å²) < 4.78 is 51.6. The maximum Gasteiger partial charge on any atom is 0.573 e. The topological polar surface area (TPSA) is 79.3 Å². The van der Waals surface area contributed by atoms with Gasteiger partial charge in [-0.1, -0.05) is 35.5 Å². The molecule has 0 bridgehead atoms. The van der Waals surface area contributed by atoms with Crippen molar-refractivity contribution < 1.29 is 22.6 Å². The molecule has 0 saturated heterocycles. The van der Waals surface area contributed by atoms with Gasteiger partial charge in [0.2, 0.25) is 5.90 Å². The van der Waals surface area contributed by atoms with E-state index in [0.29, 0.717) is 41.7 Å². The number of hydrogen-bond acceptors (Lipinski definition) is 6. The minimum Gasteiger partial charge on any atom is -0.474 e. The zero-order valence-corrected chi connectivity index (χ0v) is 16.9. The third-order valence-electron chi connectivity index (χ3n) is 5.54. The lowest BCUT2D eigenvalue weighted by Gasteiger charge is -2.13. The number of aliphatic imine (C=N–C) groups is 1. The van der Waals surface area contributed by atoms with E-state index in [-0.39, 0.29) is 11.8 Å². The second-order valence-electron chi connectivity index (χ2n) is 7.59. The first-order valence-corrected chi connectivity index (χ1v) is 10.1. The van der Waals surface area contributed by atoms with Crippen LogP contribution in [0.1, 0.15) is 28.7 Å². The highest BCUT2D eigenvalue weighted by molar-refractivity contribution is 5.95. The van der Waals surface area contributed by atoms with Gasteiger partial charge in [0.15, 0.2) is 0 Å². The predicted molar refractivity (Wildman–Crippen MR) is 110 cm³/mol. The predicted octanol–water partition coefficient (Wildman–Crippen LogP) is 3.77. The number of rotatable bonds is 3. The number of aromatic nitrogens is 5. The number of halogens is 3. The summed E-state index contributed by atoms with van der Waals surface area (Å²) in [5.41, 5.74) is 4.05. The van der Waals surface area contributed by atoms with E-state index < -0.39 is 6.36 Å². The molecule has 33 heavy (non-hydrogen) atoms. The van der Waals surface area contributed by atoms with Gasteiger partial charge >= 0.3 is 6.36 Å². The zero-order chi connectivity index (χ0) is 22.6. The van der Waals surface area contributed by atoms with Gasteiger partial charge in [-0.3, -0.25) is 4.57 Å². The van der Waals surface area contributed by atoms with Gasteiger partial charge in [0.05, 0.1) is 29.0 Å². The van der Waals surface area contributed by atoms with Crippen LogP contribution in [0.4, 0.5) is 13.2 Å². The third-order valence-corrected chi connectivity index (χ3v) is 5.54. The first kappa shape index (κ1) is 19.5. The van der Waals surface area contributed by atoms with E-state index in [9.17, 15) is 13.2 Å². The van der Waals surface area contributed by atoms with Crippen LogP contribution in [0.3, 0.4) is 0 Å². The van der Waals surface area contributed by atoms with E-state index in [4.69, 9.17) is 9.73 Å². The van der Waals surface area contributed by atoms with Crippen molar-refractivity contribution in [1.29, 1.82) is 0 Å². The van der Waals surface area contributed by atoms with Gasteiger partial charge in [0.25, 0.3) is 0 Å². The van der Waals surface area contributed by atoms with Gasteiger partial charge in [-0.05, 0) is 17.7 Å². The number of alkyl halides is 3. The van der Waals surface area contributed by atoms with Crippen molar-refractivity contribution in [3.8, 4) is 17.1 Å². The quantitative estimate of drug-likeness (QED) is 0.416. The molecule has 0 aliphatic carbocycles. The number of ether oxygens (including phenoxy) is 2. The average molecular weight is 452 g/mol. The largest absolute Gasteiger partial charge is 0.573 e. The van der Waals surface area contributed by atoms with Gasteiger partial charge in [-0.15, -0.1) is 18.3 Å². The number of hydrogen-bond donors (Lipinski definition) is 0. The van der Waals surface area contributed by atoms with Crippen LogP contribution in [0.2, 0.25) is 0 Å². The lowest BCUT2D eigenvalue weighted by atomic mass is 10.1. The van der Waals surface area contributed by atoms with E-state index in [0.717, 1.165) is 11.3 Å². The summed E-state index contributed by atoms with van der Waals surface area (Å²) in [6, 6.07) is 13.8. The molecule has 1 atom stereocenters. The second-order valence-corrected chi connectivity index (χ2v) is 7.59. The lowest BCUT2D eigenvalue weighted by molar-refractivity contribution is -0.274. The van der Waals surface area contributed by atoms with Gasteiger partial charge in [-0.25, -0.2) is 14.7 Å². The highest BCUT2D eigenvalue weighted by Gasteiger charge is 2.33. The Morgan fingerprint density at radius 2 is 1.91 bits per heavy atom. The minimum atomic E-state index is -4.80. The monoisotopic (exact) mass is 452 g/mol. The molecule has 2 aliphatic heterocycles. The zero-order valence-electron chi connectivity index (χ0n) is 16.9. The van der Waals surface area contributed by atoms with E-state index in [1.165, 1.54) is 22.9 Å². The first-order chi connectivity index (χ1) is 16.0. The van der Waals surface area contributed by atoms with Crippen LogP contribution in [0.15, 0.2) is 66.0 Å². The molecule has 0 fully saturated rings. The molecule has 4 aromatic rings. The SMILES string of the molecule is FC(F)(F)Oc1ccc2c(c1)-n1nncc1Cc1c(C3=N[C@H](c4ccccc4)CO3)ncn1-2. The van der Waals surface area contributed by atoms with Crippen molar-refractivity contribution in [1.82, 2.24) is 24.5 Å². The lowest BCUT2D eigenvalue weighted by Crippen LogP contribution is -2.17. The van der Waals surface area contributed by atoms with Crippen LogP contribution in [0.5, 0.6) is 5.75 Å². The summed E-state index contributed by atoms with van der Waals surface area (Å²) in [4.78, 5) is 9.26. The summed E-state index contributed by atoms with van der Waals surface area (Å²) >= 11 is 0. The van der Waals surface area contributed by atoms with Gasteiger partial charge in [0.1, 0.15) is 30.4 Å². The minimum absolute atomic E-state index is 0.133. The number of fused-ring (bicyclic) bond motifs is 5. The molecule has 2 aromatic heterocycles. The smallest absolute Gasteiger partial charge is 0.474 e. The van der Waals surface area contributed by atoms with Crippen molar-refractivity contribution in [2.45, 2.75) is 18.8 Å². The maximum atomic E-state index is 12.8. The highest BCUT2D eigenvalue weighted by atomic mass is 19.4. The molecule has 4 heterocycles. The Morgan fingerprint density at radius 1 is 1.06 bits per heavy atom. The Hall–Kier alpha value is -4.15. The normalized spacial score (nSPS) is 16.8. The summed E-state index contributed by atoms with van der Waals surface area (Å²) in [6.45, 7) is 0.403. The maximum absolute atomic E-state index is 12.8. The summed E-state index contributed by atoms with van der Waals surface area (Å²) in [7, 11) is 0. The molecule has 0 N–H and O–H groups in total. The van der Waals surface area contributed by atoms with E-state index in [1.54, 1.807) is 17.1 Å². The van der Waals surface area contributed by atoms with Crippen molar-refractivity contribution in [2.75, 3.05) is 6.61 Å². The Balaban J connectivity index is 1.44. The second kappa shape index (κ2) is 7.19. The molecule has 2 aromatic carbocycles.